The number of aliphatic imine (C=N–C) groups is 1. The molecule has 18 heavy (non-hydrogen) atoms. The molecule has 0 atom stereocenters. The summed E-state index contributed by atoms with van der Waals surface area (Å²) in [4.78, 5) is 15.3. The third kappa shape index (κ3) is 8.08. The van der Waals surface area contributed by atoms with Crippen LogP contribution in [-0.4, -0.2) is 23.4 Å². The van der Waals surface area contributed by atoms with Crippen molar-refractivity contribution in [3.8, 4) is 0 Å². The summed E-state index contributed by atoms with van der Waals surface area (Å²) >= 11 is 1.27. The van der Waals surface area contributed by atoms with Crippen LogP contribution in [0.15, 0.2) is 35.6 Å². The van der Waals surface area contributed by atoms with Crippen molar-refractivity contribution in [1.82, 2.24) is 0 Å². The Morgan fingerprint density at radius 3 is 2.50 bits per heavy atom. The molecule has 5 nitrogen and oxygen atoms in total. The smallest absolute Gasteiger partial charge is 0.195 e. The Hall–Kier alpha value is -1.08. The van der Waals surface area contributed by atoms with Gasteiger partial charge in [-0.3, -0.25) is 9.79 Å². The lowest BCUT2D eigenvalue weighted by Crippen LogP contribution is -3.00. The number of guanidine groups is 1. The number of rotatable bonds is 6. The molecule has 1 aromatic heterocycles. The Balaban J connectivity index is 0.00000289. The number of pyridine rings is 1. The van der Waals surface area contributed by atoms with Gasteiger partial charge in [-0.25, -0.2) is 4.57 Å². The van der Waals surface area contributed by atoms with E-state index in [1.165, 1.54) is 11.8 Å². The first-order valence-electron chi connectivity index (χ1n) is 5.33. The second kappa shape index (κ2) is 9.90. The van der Waals surface area contributed by atoms with E-state index in [1.54, 1.807) is 0 Å². The van der Waals surface area contributed by atoms with E-state index in [4.69, 9.17) is 11.5 Å². The highest BCUT2D eigenvalue weighted by Gasteiger charge is 2.06. The maximum Gasteiger partial charge on any atom is 0.195 e. The molecular formula is C11H17BrN4OS. The van der Waals surface area contributed by atoms with Gasteiger partial charge >= 0.3 is 0 Å². The van der Waals surface area contributed by atoms with Crippen molar-refractivity contribution in [3.05, 3.63) is 30.6 Å². The molecule has 0 fully saturated rings. The molecule has 0 aromatic carbocycles. The molecule has 1 heterocycles. The van der Waals surface area contributed by atoms with Gasteiger partial charge in [-0.15, -0.1) is 0 Å². The number of aryl methyl sites for hydroxylation is 1. The van der Waals surface area contributed by atoms with Gasteiger partial charge in [0.15, 0.2) is 30.0 Å². The summed E-state index contributed by atoms with van der Waals surface area (Å²) in [6.45, 7) is 1.19. The molecule has 0 radical (unpaired) electrons. The van der Waals surface area contributed by atoms with E-state index in [9.17, 15) is 4.79 Å². The molecule has 0 spiro atoms. The molecule has 1 rings (SSSR count). The minimum atomic E-state index is 0. The molecule has 0 amide bonds. The molecule has 100 valence electrons. The van der Waals surface area contributed by atoms with Crippen LogP contribution in [0.1, 0.15) is 6.42 Å². The number of thioether (sulfide) groups is 1. The molecule has 0 aliphatic heterocycles. The number of nitrogens with two attached hydrogens (primary N) is 2. The van der Waals surface area contributed by atoms with E-state index >= 15 is 0 Å². The van der Waals surface area contributed by atoms with E-state index in [0.29, 0.717) is 25.3 Å². The third-order valence-electron chi connectivity index (χ3n) is 2.00. The lowest BCUT2D eigenvalue weighted by atomic mass is 10.4. The van der Waals surface area contributed by atoms with Crippen molar-refractivity contribution in [2.75, 3.05) is 12.3 Å². The Kier molecular flexibility index (Phi) is 9.31. The van der Waals surface area contributed by atoms with Gasteiger partial charge in [-0.2, -0.15) is 0 Å². The molecule has 0 saturated heterocycles. The van der Waals surface area contributed by atoms with Crippen LogP contribution in [0.2, 0.25) is 0 Å². The van der Waals surface area contributed by atoms with Crippen molar-refractivity contribution in [2.24, 2.45) is 16.5 Å². The van der Waals surface area contributed by atoms with E-state index in [1.807, 2.05) is 35.2 Å². The van der Waals surface area contributed by atoms with Gasteiger partial charge in [0, 0.05) is 17.9 Å². The van der Waals surface area contributed by atoms with Crippen molar-refractivity contribution >= 4 is 22.8 Å². The van der Waals surface area contributed by atoms with Gasteiger partial charge in [0.1, 0.15) is 0 Å². The minimum absolute atomic E-state index is 0. The monoisotopic (exact) mass is 332 g/mol. The maximum absolute atomic E-state index is 11.5. The maximum atomic E-state index is 11.5. The largest absolute Gasteiger partial charge is 1.00 e. The van der Waals surface area contributed by atoms with Crippen LogP contribution in [0.25, 0.3) is 0 Å². The SMILES string of the molecule is NC(N)=NCCSC(=O)CC[n+]1ccccc1.[Br-]. The fraction of sp³-hybridized carbons (Fsp3) is 0.364. The van der Waals surface area contributed by atoms with Crippen LogP contribution in [0.4, 0.5) is 0 Å². The van der Waals surface area contributed by atoms with Crippen LogP contribution >= 0.6 is 11.8 Å². The van der Waals surface area contributed by atoms with Crippen molar-refractivity contribution in [3.63, 3.8) is 0 Å². The van der Waals surface area contributed by atoms with Gasteiger partial charge in [-0.05, 0) is 0 Å². The number of aromatic nitrogens is 1. The van der Waals surface area contributed by atoms with Crippen LogP contribution in [-0.2, 0) is 11.3 Å². The van der Waals surface area contributed by atoms with Crippen molar-refractivity contribution in [2.45, 2.75) is 13.0 Å². The standard InChI is InChI=1S/C11H17N4OS.BrH/c12-11(13)14-5-9-17-10(16)4-8-15-6-2-1-3-7-15;/h1-3,6-7H,4-5,8-9H2,(H4,12,13,14);1H/q+1;/p-1. The van der Waals surface area contributed by atoms with Crippen LogP contribution in [0.5, 0.6) is 0 Å². The zero-order valence-corrected chi connectivity index (χ0v) is 12.4. The Bertz CT molecular complexity index is 382. The number of carbonyl (C=O) groups excluding carboxylic acids is 1. The number of halogens is 1. The average molecular weight is 333 g/mol. The molecule has 0 saturated carbocycles. The summed E-state index contributed by atoms with van der Waals surface area (Å²) < 4.78 is 1.98. The van der Waals surface area contributed by atoms with E-state index < -0.39 is 0 Å². The predicted molar refractivity (Wildman–Crippen MR) is 69.4 cm³/mol. The topological polar surface area (TPSA) is 85.3 Å². The number of hydrogen-bond acceptors (Lipinski definition) is 3. The van der Waals surface area contributed by atoms with Crippen molar-refractivity contribution in [1.29, 1.82) is 0 Å². The molecular weight excluding hydrogens is 316 g/mol. The lowest BCUT2D eigenvalue weighted by molar-refractivity contribution is -0.695. The van der Waals surface area contributed by atoms with E-state index in [0.717, 1.165) is 0 Å². The third-order valence-corrected chi connectivity index (χ3v) is 2.91. The number of nitrogens with zero attached hydrogens (tertiary/aromatic N) is 2. The summed E-state index contributed by atoms with van der Waals surface area (Å²) in [7, 11) is 0. The highest BCUT2D eigenvalue weighted by Crippen LogP contribution is 2.04. The molecule has 7 heteroatoms. The zero-order valence-electron chi connectivity index (χ0n) is 9.96. The molecule has 0 bridgehead atoms. The summed E-state index contributed by atoms with van der Waals surface area (Å²) in [6, 6.07) is 5.83. The number of carbonyl (C=O) groups is 1. The molecule has 4 N–H and O–H groups in total. The second-order valence-corrected chi connectivity index (χ2v) is 4.54. The quantitative estimate of drug-likeness (QED) is 0.250. The lowest BCUT2D eigenvalue weighted by Gasteiger charge is -1.97. The summed E-state index contributed by atoms with van der Waals surface area (Å²) in [6.07, 6.45) is 4.40. The van der Waals surface area contributed by atoms with E-state index in [-0.39, 0.29) is 28.1 Å². The highest BCUT2D eigenvalue weighted by atomic mass is 79.9. The minimum Gasteiger partial charge on any atom is -1.00 e. The normalized spacial score (nSPS) is 9.33. The van der Waals surface area contributed by atoms with E-state index in [2.05, 4.69) is 4.99 Å². The van der Waals surface area contributed by atoms with Gasteiger partial charge in [0.05, 0.1) is 13.0 Å². The fourth-order valence-electron chi connectivity index (χ4n) is 1.21. The van der Waals surface area contributed by atoms with Crippen molar-refractivity contribution < 1.29 is 26.3 Å². The van der Waals surface area contributed by atoms with Gasteiger partial charge < -0.3 is 28.4 Å². The Morgan fingerprint density at radius 2 is 1.89 bits per heavy atom. The van der Waals surface area contributed by atoms with Crippen LogP contribution < -0.4 is 33.0 Å². The first-order valence-corrected chi connectivity index (χ1v) is 6.32. The molecule has 0 unspecified atom stereocenters. The first-order chi connectivity index (χ1) is 8.18. The average Bonchev–Trinajstić information content (AvgIpc) is 2.33. The predicted octanol–water partition coefficient (Wildman–Crippen LogP) is -3.10. The Labute approximate surface area is 121 Å². The highest BCUT2D eigenvalue weighted by molar-refractivity contribution is 8.13. The van der Waals surface area contributed by atoms with Gasteiger partial charge in [0.25, 0.3) is 0 Å². The number of hydrogen-bond donors (Lipinski definition) is 2. The summed E-state index contributed by atoms with van der Waals surface area (Å²) in [5, 5.41) is 0.159. The van der Waals surface area contributed by atoms with Crippen LogP contribution in [0.3, 0.4) is 0 Å². The summed E-state index contributed by atoms with van der Waals surface area (Å²) in [5.74, 6) is 0.689. The summed E-state index contributed by atoms with van der Waals surface area (Å²) in [5.41, 5.74) is 10.3. The fourth-order valence-corrected chi connectivity index (χ4v) is 1.86. The zero-order chi connectivity index (χ0) is 12.5. The first kappa shape index (κ1) is 16.9. The Morgan fingerprint density at radius 1 is 1.22 bits per heavy atom. The second-order valence-electron chi connectivity index (χ2n) is 3.39. The van der Waals surface area contributed by atoms with Crippen LogP contribution in [0, 0.1) is 0 Å². The van der Waals surface area contributed by atoms with Gasteiger partial charge in [-0.1, -0.05) is 17.8 Å². The molecule has 0 aliphatic carbocycles. The van der Waals surface area contributed by atoms with Gasteiger partial charge in [0.2, 0.25) is 0 Å². The molecule has 0 aliphatic rings. The molecule has 1 aromatic rings.